The van der Waals surface area contributed by atoms with E-state index in [9.17, 15) is 5.11 Å². The lowest BCUT2D eigenvalue weighted by molar-refractivity contribution is 0.0192. The predicted octanol–water partition coefficient (Wildman–Crippen LogP) is 3.96. The Morgan fingerprint density at radius 1 is 1.33 bits per heavy atom. The van der Waals surface area contributed by atoms with Gasteiger partial charge >= 0.3 is 0 Å². The summed E-state index contributed by atoms with van der Waals surface area (Å²) in [5, 5.41) is 10.9. The van der Waals surface area contributed by atoms with Gasteiger partial charge in [0.25, 0.3) is 0 Å². The highest BCUT2D eigenvalue weighted by molar-refractivity contribution is 5.20. The van der Waals surface area contributed by atoms with Gasteiger partial charge in [-0.15, -0.1) is 0 Å². The largest absolute Gasteiger partial charge is 0.385 e. The molecule has 1 aliphatic carbocycles. The second-order valence-corrected chi connectivity index (χ2v) is 5.81. The summed E-state index contributed by atoms with van der Waals surface area (Å²) in [4.78, 5) is 4.33. The van der Waals surface area contributed by atoms with E-state index in [1.54, 1.807) is 0 Å². The minimum absolute atomic E-state index is 0.636. The normalized spacial score (nSPS) is 28.9. The van der Waals surface area contributed by atoms with Gasteiger partial charge in [0.1, 0.15) is 0 Å². The summed E-state index contributed by atoms with van der Waals surface area (Å²) in [6.07, 6.45) is 9.76. The molecule has 2 rings (SSSR count). The first-order valence-corrected chi connectivity index (χ1v) is 7.29. The quantitative estimate of drug-likeness (QED) is 0.820. The van der Waals surface area contributed by atoms with Gasteiger partial charge in [-0.25, -0.2) is 0 Å². The number of nitrogens with zero attached hydrogens (tertiary/aromatic N) is 1. The average Bonchev–Trinajstić information content (AvgIpc) is 2.54. The number of aliphatic hydroxyl groups is 1. The zero-order chi connectivity index (χ0) is 13.0. The fourth-order valence-corrected chi connectivity index (χ4v) is 3.12. The van der Waals surface area contributed by atoms with Crippen LogP contribution in [0.5, 0.6) is 0 Å². The molecule has 100 valence electrons. The molecule has 0 radical (unpaired) electrons. The highest BCUT2D eigenvalue weighted by Gasteiger charge is 2.32. The van der Waals surface area contributed by atoms with Crippen LogP contribution in [0.2, 0.25) is 0 Å². The summed E-state index contributed by atoms with van der Waals surface area (Å²) >= 11 is 0. The van der Waals surface area contributed by atoms with Crippen molar-refractivity contribution in [2.75, 3.05) is 0 Å². The van der Waals surface area contributed by atoms with Crippen LogP contribution in [0.15, 0.2) is 18.3 Å². The van der Waals surface area contributed by atoms with Crippen LogP contribution < -0.4 is 0 Å². The van der Waals surface area contributed by atoms with Crippen LogP contribution in [0.3, 0.4) is 0 Å². The molecule has 18 heavy (non-hydrogen) atoms. The van der Waals surface area contributed by atoms with Crippen molar-refractivity contribution in [1.29, 1.82) is 0 Å². The average molecular weight is 247 g/mol. The lowest BCUT2D eigenvalue weighted by Crippen LogP contribution is -2.25. The molecule has 2 nitrogen and oxygen atoms in total. The van der Waals surface area contributed by atoms with Crippen LogP contribution >= 0.6 is 0 Å². The molecule has 2 atom stereocenters. The van der Waals surface area contributed by atoms with Crippen molar-refractivity contribution in [3.8, 4) is 0 Å². The maximum atomic E-state index is 10.9. The third kappa shape index (κ3) is 3.11. The fraction of sp³-hybridized carbons (Fsp3) is 0.688. The highest BCUT2D eigenvalue weighted by atomic mass is 16.3. The van der Waals surface area contributed by atoms with Crippen molar-refractivity contribution < 1.29 is 5.11 Å². The highest BCUT2D eigenvalue weighted by Crippen LogP contribution is 2.38. The van der Waals surface area contributed by atoms with E-state index >= 15 is 0 Å². The summed E-state index contributed by atoms with van der Waals surface area (Å²) in [7, 11) is 0. The minimum atomic E-state index is -0.636. The van der Waals surface area contributed by atoms with Crippen molar-refractivity contribution >= 4 is 0 Å². The number of aromatic nitrogens is 1. The van der Waals surface area contributed by atoms with Crippen molar-refractivity contribution in [2.24, 2.45) is 5.92 Å². The fourth-order valence-electron chi connectivity index (χ4n) is 3.12. The molecule has 0 bridgehead atoms. The van der Waals surface area contributed by atoms with E-state index in [1.165, 1.54) is 19.3 Å². The van der Waals surface area contributed by atoms with E-state index in [1.807, 2.05) is 25.3 Å². The maximum Gasteiger partial charge on any atom is 0.0911 e. The third-order valence-electron chi connectivity index (χ3n) is 4.31. The van der Waals surface area contributed by atoms with Gasteiger partial charge in [-0.1, -0.05) is 32.3 Å². The van der Waals surface area contributed by atoms with Gasteiger partial charge in [-0.2, -0.15) is 0 Å². The number of hydrogen-bond acceptors (Lipinski definition) is 2. The van der Waals surface area contributed by atoms with Crippen molar-refractivity contribution in [1.82, 2.24) is 4.98 Å². The Bertz CT molecular complexity index is 373. The van der Waals surface area contributed by atoms with Crippen LogP contribution in [0, 0.1) is 12.8 Å². The third-order valence-corrected chi connectivity index (χ3v) is 4.31. The molecular weight excluding hydrogens is 222 g/mol. The Morgan fingerprint density at radius 3 is 2.83 bits per heavy atom. The van der Waals surface area contributed by atoms with Gasteiger partial charge < -0.3 is 5.11 Å². The Labute approximate surface area is 110 Å². The van der Waals surface area contributed by atoms with Crippen molar-refractivity contribution in [2.45, 2.75) is 64.4 Å². The summed E-state index contributed by atoms with van der Waals surface area (Å²) < 4.78 is 0. The molecule has 1 fully saturated rings. The van der Waals surface area contributed by atoms with Crippen LogP contribution in [0.4, 0.5) is 0 Å². The first-order valence-electron chi connectivity index (χ1n) is 7.29. The smallest absolute Gasteiger partial charge is 0.0911 e. The molecular formula is C16H25NO. The zero-order valence-electron chi connectivity index (χ0n) is 11.7. The molecule has 1 aromatic heterocycles. The molecule has 1 N–H and O–H groups in total. The molecule has 1 saturated carbocycles. The van der Waals surface area contributed by atoms with Gasteiger partial charge in [0.15, 0.2) is 0 Å². The molecule has 0 saturated heterocycles. The molecule has 0 spiro atoms. The van der Waals surface area contributed by atoms with Crippen molar-refractivity contribution in [3.63, 3.8) is 0 Å². The van der Waals surface area contributed by atoms with Crippen LogP contribution in [0.1, 0.15) is 63.1 Å². The summed E-state index contributed by atoms with van der Waals surface area (Å²) in [5.74, 6) is 0.808. The topological polar surface area (TPSA) is 33.1 Å². The molecule has 2 unspecified atom stereocenters. The maximum absolute atomic E-state index is 10.9. The van der Waals surface area contributed by atoms with E-state index in [4.69, 9.17) is 0 Å². The first kappa shape index (κ1) is 13.5. The second kappa shape index (κ2) is 5.83. The van der Waals surface area contributed by atoms with Crippen LogP contribution in [-0.4, -0.2) is 10.1 Å². The molecule has 1 heterocycles. The van der Waals surface area contributed by atoms with Gasteiger partial charge in [0, 0.05) is 17.5 Å². The van der Waals surface area contributed by atoms with E-state index < -0.39 is 5.60 Å². The van der Waals surface area contributed by atoms with Crippen LogP contribution in [0.25, 0.3) is 0 Å². The molecule has 0 aliphatic heterocycles. The van der Waals surface area contributed by atoms with Gasteiger partial charge in [-0.3, -0.25) is 4.98 Å². The molecule has 0 aromatic carbocycles. The van der Waals surface area contributed by atoms with E-state index in [0.717, 1.165) is 42.9 Å². The standard InChI is InChI=1S/C16H25NO/c1-3-5-14-6-4-10-16(18,11-9-14)15-8-7-13(2)17-12-15/h7-8,12,14,18H,3-6,9-11H2,1-2H3. The molecule has 1 aliphatic rings. The van der Waals surface area contributed by atoms with Crippen LogP contribution in [-0.2, 0) is 5.60 Å². The number of rotatable bonds is 3. The van der Waals surface area contributed by atoms with Gasteiger partial charge in [0.05, 0.1) is 5.60 Å². The molecule has 0 amide bonds. The summed E-state index contributed by atoms with van der Waals surface area (Å²) in [6, 6.07) is 4.05. The van der Waals surface area contributed by atoms with E-state index in [2.05, 4.69) is 11.9 Å². The van der Waals surface area contributed by atoms with Gasteiger partial charge in [-0.05, 0) is 44.6 Å². The summed E-state index contributed by atoms with van der Waals surface area (Å²) in [6.45, 7) is 4.24. The van der Waals surface area contributed by atoms with E-state index in [0.29, 0.717) is 0 Å². The lowest BCUT2D eigenvalue weighted by atomic mass is 9.87. The van der Waals surface area contributed by atoms with E-state index in [-0.39, 0.29) is 0 Å². The lowest BCUT2D eigenvalue weighted by Gasteiger charge is -2.27. The summed E-state index contributed by atoms with van der Waals surface area (Å²) in [5.41, 5.74) is 1.38. The van der Waals surface area contributed by atoms with Gasteiger partial charge in [0.2, 0.25) is 0 Å². The number of pyridine rings is 1. The minimum Gasteiger partial charge on any atom is -0.385 e. The predicted molar refractivity (Wildman–Crippen MR) is 74.4 cm³/mol. The van der Waals surface area contributed by atoms with Crippen molar-refractivity contribution in [3.05, 3.63) is 29.6 Å². The second-order valence-electron chi connectivity index (χ2n) is 5.81. The SMILES string of the molecule is CCCC1CCCC(O)(c2ccc(C)nc2)CC1. The zero-order valence-corrected chi connectivity index (χ0v) is 11.7. The molecule has 2 heteroatoms. The first-order chi connectivity index (χ1) is 8.64. The Morgan fingerprint density at radius 2 is 2.17 bits per heavy atom. The Hall–Kier alpha value is -0.890. The number of aryl methyl sites for hydroxylation is 1. The number of hydrogen-bond donors (Lipinski definition) is 1. The Balaban J connectivity index is 2.09. The molecule has 1 aromatic rings. The monoisotopic (exact) mass is 247 g/mol. The Kier molecular flexibility index (Phi) is 4.39.